The van der Waals surface area contributed by atoms with Crippen molar-refractivity contribution >= 4 is 5.82 Å². The number of nitriles is 1. The van der Waals surface area contributed by atoms with Crippen LogP contribution in [0.1, 0.15) is 16.7 Å². The molecule has 4 nitrogen and oxygen atoms in total. The Hall–Kier alpha value is -2.41. The molecule has 0 radical (unpaired) electrons. The zero-order valence-corrected chi connectivity index (χ0v) is 10.5. The van der Waals surface area contributed by atoms with Crippen molar-refractivity contribution < 1.29 is 0 Å². The summed E-state index contributed by atoms with van der Waals surface area (Å²) in [6.45, 7) is 2.76. The van der Waals surface area contributed by atoms with Crippen LogP contribution in [0, 0.1) is 18.3 Å². The monoisotopic (exact) mass is 238 g/mol. The zero-order chi connectivity index (χ0) is 13.0. The maximum atomic E-state index is 9.03. The lowest BCUT2D eigenvalue weighted by Gasteiger charge is -2.18. The number of rotatable bonds is 3. The molecule has 18 heavy (non-hydrogen) atoms. The van der Waals surface area contributed by atoms with Gasteiger partial charge in [0.05, 0.1) is 11.8 Å². The number of hydrogen-bond acceptors (Lipinski definition) is 4. The van der Waals surface area contributed by atoms with E-state index < -0.39 is 0 Å². The second kappa shape index (κ2) is 5.28. The second-order valence-electron chi connectivity index (χ2n) is 4.22. The summed E-state index contributed by atoms with van der Waals surface area (Å²) in [7, 11) is 1.91. The van der Waals surface area contributed by atoms with Crippen molar-refractivity contribution in [3.05, 3.63) is 53.2 Å². The minimum atomic E-state index is 0.541. The third-order valence-electron chi connectivity index (χ3n) is 2.72. The van der Waals surface area contributed by atoms with Gasteiger partial charge in [-0.2, -0.15) is 10.4 Å². The normalized spacial score (nSPS) is 9.83. The minimum absolute atomic E-state index is 0.541. The summed E-state index contributed by atoms with van der Waals surface area (Å²) in [4.78, 5) is 1.93. The molecule has 4 heteroatoms. The van der Waals surface area contributed by atoms with E-state index in [1.165, 1.54) is 17.3 Å². The van der Waals surface area contributed by atoms with Crippen LogP contribution in [0.2, 0.25) is 0 Å². The maximum absolute atomic E-state index is 9.03. The molecule has 1 aromatic heterocycles. The Balaban J connectivity index is 2.19. The fourth-order valence-electron chi connectivity index (χ4n) is 1.74. The first-order valence-corrected chi connectivity index (χ1v) is 5.69. The molecule has 0 aliphatic heterocycles. The van der Waals surface area contributed by atoms with Gasteiger partial charge in [-0.1, -0.05) is 29.8 Å². The number of benzene rings is 1. The van der Waals surface area contributed by atoms with Crippen LogP contribution in [0.4, 0.5) is 5.82 Å². The summed E-state index contributed by atoms with van der Waals surface area (Å²) in [5, 5.41) is 16.9. The van der Waals surface area contributed by atoms with Gasteiger partial charge in [-0.25, -0.2) is 0 Å². The van der Waals surface area contributed by atoms with Gasteiger partial charge in [-0.15, -0.1) is 5.10 Å². The van der Waals surface area contributed by atoms with Crippen molar-refractivity contribution in [3.8, 4) is 6.07 Å². The van der Waals surface area contributed by atoms with Gasteiger partial charge in [0.2, 0.25) is 0 Å². The lowest BCUT2D eigenvalue weighted by atomic mass is 10.1. The smallest absolute Gasteiger partial charge is 0.169 e. The van der Waals surface area contributed by atoms with Gasteiger partial charge in [-0.3, -0.25) is 0 Å². The molecule has 0 aliphatic rings. The van der Waals surface area contributed by atoms with E-state index in [0.717, 1.165) is 0 Å². The summed E-state index contributed by atoms with van der Waals surface area (Å²) < 4.78 is 0. The third-order valence-corrected chi connectivity index (χ3v) is 2.72. The Morgan fingerprint density at radius 3 is 2.61 bits per heavy atom. The largest absolute Gasteiger partial charge is 0.353 e. The highest BCUT2D eigenvalue weighted by molar-refractivity contribution is 5.52. The van der Waals surface area contributed by atoms with E-state index in [1.54, 1.807) is 6.07 Å². The van der Waals surface area contributed by atoms with Crippen molar-refractivity contribution in [1.82, 2.24) is 10.2 Å². The van der Waals surface area contributed by atoms with E-state index in [2.05, 4.69) is 47.5 Å². The van der Waals surface area contributed by atoms with Gasteiger partial charge >= 0.3 is 0 Å². The van der Waals surface area contributed by atoms with Crippen LogP contribution in [-0.2, 0) is 6.54 Å². The predicted molar refractivity (Wildman–Crippen MR) is 70.0 cm³/mol. The van der Waals surface area contributed by atoms with Crippen LogP contribution < -0.4 is 4.90 Å². The number of hydrogen-bond donors (Lipinski definition) is 0. The van der Waals surface area contributed by atoms with Gasteiger partial charge in [0.15, 0.2) is 5.82 Å². The molecule has 0 aliphatic carbocycles. The first-order valence-electron chi connectivity index (χ1n) is 5.69. The van der Waals surface area contributed by atoms with Gasteiger partial charge in [0.1, 0.15) is 6.07 Å². The van der Waals surface area contributed by atoms with Crippen LogP contribution in [-0.4, -0.2) is 17.2 Å². The lowest BCUT2D eigenvalue weighted by molar-refractivity contribution is 0.862. The van der Waals surface area contributed by atoms with E-state index in [1.807, 2.05) is 11.9 Å². The van der Waals surface area contributed by atoms with Crippen molar-refractivity contribution in [2.45, 2.75) is 13.5 Å². The number of aryl methyl sites for hydroxylation is 1. The molecule has 2 rings (SSSR count). The van der Waals surface area contributed by atoms with E-state index in [0.29, 0.717) is 17.9 Å². The SMILES string of the molecule is Cc1ccc(CN(C)c2nnccc2C#N)cc1. The number of nitrogens with zero attached hydrogens (tertiary/aromatic N) is 4. The molecule has 0 saturated carbocycles. The van der Waals surface area contributed by atoms with Crippen molar-refractivity contribution in [2.24, 2.45) is 0 Å². The molecule has 0 spiro atoms. The molecule has 0 N–H and O–H groups in total. The van der Waals surface area contributed by atoms with Crippen molar-refractivity contribution in [2.75, 3.05) is 11.9 Å². The topological polar surface area (TPSA) is 52.8 Å². The summed E-state index contributed by atoms with van der Waals surface area (Å²) in [5.74, 6) is 0.612. The Bertz CT molecular complexity index is 569. The number of anilines is 1. The molecular formula is C14H14N4. The van der Waals surface area contributed by atoms with E-state index in [4.69, 9.17) is 5.26 Å². The second-order valence-corrected chi connectivity index (χ2v) is 4.22. The highest BCUT2D eigenvalue weighted by atomic mass is 15.2. The van der Waals surface area contributed by atoms with Gasteiger partial charge in [0, 0.05) is 13.6 Å². The van der Waals surface area contributed by atoms with Crippen molar-refractivity contribution in [3.63, 3.8) is 0 Å². The van der Waals surface area contributed by atoms with Crippen molar-refractivity contribution in [1.29, 1.82) is 5.26 Å². The van der Waals surface area contributed by atoms with Gasteiger partial charge in [0.25, 0.3) is 0 Å². The van der Waals surface area contributed by atoms with E-state index >= 15 is 0 Å². The molecule has 0 amide bonds. The molecule has 1 aromatic carbocycles. The van der Waals surface area contributed by atoms with Gasteiger partial charge in [-0.05, 0) is 18.6 Å². The molecular weight excluding hydrogens is 224 g/mol. The first-order chi connectivity index (χ1) is 8.70. The quantitative estimate of drug-likeness (QED) is 0.823. The maximum Gasteiger partial charge on any atom is 0.169 e. The van der Waals surface area contributed by atoms with Crippen LogP contribution in [0.15, 0.2) is 36.5 Å². The molecule has 1 heterocycles. The predicted octanol–water partition coefficient (Wildman–Crippen LogP) is 2.29. The average Bonchev–Trinajstić information content (AvgIpc) is 2.41. The fourth-order valence-corrected chi connectivity index (χ4v) is 1.74. The van der Waals surface area contributed by atoms with Crippen LogP contribution >= 0.6 is 0 Å². The summed E-state index contributed by atoms with van der Waals surface area (Å²) in [5.41, 5.74) is 2.95. The summed E-state index contributed by atoms with van der Waals surface area (Å²) in [6.07, 6.45) is 1.53. The Labute approximate surface area is 107 Å². The third kappa shape index (κ3) is 2.64. The Kier molecular flexibility index (Phi) is 3.54. The molecule has 0 saturated heterocycles. The Morgan fingerprint density at radius 1 is 1.22 bits per heavy atom. The fraction of sp³-hybridized carbons (Fsp3) is 0.214. The van der Waals surface area contributed by atoms with Crippen LogP contribution in [0.25, 0.3) is 0 Å². The molecule has 0 bridgehead atoms. The molecule has 0 fully saturated rings. The standard InChI is InChI=1S/C14H14N4/c1-11-3-5-12(6-4-11)10-18(2)14-13(9-15)7-8-16-17-14/h3-8H,10H2,1-2H3. The molecule has 0 atom stereocenters. The molecule has 90 valence electrons. The van der Waals surface area contributed by atoms with Crippen LogP contribution in [0.5, 0.6) is 0 Å². The van der Waals surface area contributed by atoms with E-state index in [-0.39, 0.29) is 0 Å². The zero-order valence-electron chi connectivity index (χ0n) is 10.5. The van der Waals surface area contributed by atoms with Crippen LogP contribution in [0.3, 0.4) is 0 Å². The number of aromatic nitrogens is 2. The highest BCUT2D eigenvalue weighted by Crippen LogP contribution is 2.16. The average molecular weight is 238 g/mol. The molecule has 2 aromatic rings. The summed E-state index contributed by atoms with van der Waals surface area (Å²) >= 11 is 0. The Morgan fingerprint density at radius 2 is 1.94 bits per heavy atom. The molecule has 0 unspecified atom stereocenters. The van der Waals surface area contributed by atoms with E-state index in [9.17, 15) is 0 Å². The lowest BCUT2D eigenvalue weighted by Crippen LogP contribution is -2.19. The summed E-state index contributed by atoms with van der Waals surface area (Å²) in [6, 6.07) is 12.1. The highest BCUT2D eigenvalue weighted by Gasteiger charge is 2.09. The first kappa shape index (κ1) is 12.1. The minimum Gasteiger partial charge on any atom is -0.353 e. The van der Waals surface area contributed by atoms with Gasteiger partial charge < -0.3 is 4.90 Å².